The first-order valence-corrected chi connectivity index (χ1v) is 13.4. The topological polar surface area (TPSA) is 24.1 Å². The van der Waals surface area contributed by atoms with E-state index in [1.807, 2.05) is 0 Å². The maximum Gasteiger partial charge on any atom is 0.0521 e. The molecule has 6 aromatic rings. The van der Waals surface area contributed by atoms with Crippen molar-refractivity contribution in [2.24, 2.45) is 0 Å². The highest BCUT2D eigenvalue weighted by Crippen LogP contribution is 2.31. The number of nitrogens with one attached hydrogen (secondary N) is 2. The molecule has 194 valence electrons. The van der Waals surface area contributed by atoms with Crippen molar-refractivity contribution in [3.63, 3.8) is 0 Å². The van der Waals surface area contributed by atoms with E-state index in [2.05, 4.69) is 156 Å². The largest absolute Gasteiger partial charge is 0.304 e. The number of hydrogen-bond donors (Lipinski definition) is 2. The molecular formula is C37H36N2. The minimum Gasteiger partial charge on any atom is -0.304 e. The highest BCUT2D eigenvalue weighted by Gasteiger charge is 2.24. The summed E-state index contributed by atoms with van der Waals surface area (Å²) in [5, 5.41) is 13.1. The van der Waals surface area contributed by atoms with Gasteiger partial charge < -0.3 is 10.6 Å². The summed E-state index contributed by atoms with van der Waals surface area (Å²) in [6, 6.07) is 52.2. The molecule has 0 radical (unpaired) electrons. The molecule has 6 rings (SSSR count). The molecule has 39 heavy (non-hydrogen) atoms. The molecule has 0 saturated carbocycles. The highest BCUT2D eigenvalue weighted by atomic mass is 15.0. The molecular weight excluding hydrogens is 472 g/mol. The van der Waals surface area contributed by atoms with Gasteiger partial charge in [-0.05, 0) is 43.8 Å². The molecule has 0 spiro atoms. The monoisotopic (exact) mass is 508 g/mol. The van der Waals surface area contributed by atoms with Gasteiger partial charge in [0, 0.05) is 13.1 Å². The number of rotatable bonds is 9. The Kier molecular flexibility index (Phi) is 8.48. The van der Waals surface area contributed by atoms with E-state index in [0.717, 1.165) is 13.1 Å². The smallest absolute Gasteiger partial charge is 0.0521 e. The Morgan fingerprint density at radius 3 is 1.18 bits per heavy atom. The number of hydrogen-bond acceptors (Lipinski definition) is 2. The van der Waals surface area contributed by atoms with E-state index in [9.17, 15) is 0 Å². The number of fused-ring (bicyclic) bond motifs is 2. The van der Waals surface area contributed by atoms with Gasteiger partial charge >= 0.3 is 0 Å². The summed E-state index contributed by atoms with van der Waals surface area (Å²) in [5.74, 6) is 0. The molecule has 2 heteroatoms. The second kappa shape index (κ2) is 12.5. The van der Waals surface area contributed by atoms with Crippen LogP contribution in [-0.4, -0.2) is 0 Å². The van der Waals surface area contributed by atoms with Crippen LogP contribution in [0.5, 0.6) is 0 Å². The van der Waals surface area contributed by atoms with Gasteiger partial charge in [-0.3, -0.25) is 0 Å². The molecule has 0 unspecified atom stereocenters. The Balaban J connectivity index is 0.00000308. The summed E-state index contributed by atoms with van der Waals surface area (Å²) in [7, 11) is 0. The Morgan fingerprint density at radius 1 is 0.385 bits per heavy atom. The maximum atomic E-state index is 3.95. The molecule has 6 aromatic carbocycles. The van der Waals surface area contributed by atoms with Crippen LogP contribution in [0.15, 0.2) is 146 Å². The predicted molar refractivity (Wildman–Crippen MR) is 167 cm³/mol. The quantitative estimate of drug-likeness (QED) is 0.204. The van der Waals surface area contributed by atoms with E-state index in [0.29, 0.717) is 0 Å². The zero-order valence-corrected chi connectivity index (χ0v) is 21.4. The third-order valence-electron chi connectivity index (χ3n) is 7.44. The van der Waals surface area contributed by atoms with Crippen LogP contribution in [0.4, 0.5) is 0 Å². The summed E-state index contributed by atoms with van der Waals surface area (Å²) >= 11 is 0. The van der Waals surface area contributed by atoms with E-state index < -0.39 is 0 Å². The summed E-state index contributed by atoms with van der Waals surface area (Å²) in [6.45, 7) is 1.56. The number of benzene rings is 6. The first-order chi connectivity index (χ1) is 18.9. The van der Waals surface area contributed by atoms with Crippen molar-refractivity contribution in [2.75, 3.05) is 0 Å². The summed E-state index contributed by atoms with van der Waals surface area (Å²) in [5.41, 5.74) is 5.16. The Morgan fingerprint density at radius 2 is 0.744 bits per heavy atom. The first kappa shape index (κ1) is 26.4. The molecule has 0 heterocycles. The van der Waals surface area contributed by atoms with Crippen LogP contribution in [0.3, 0.4) is 0 Å². The lowest BCUT2D eigenvalue weighted by molar-refractivity contribution is 0.382. The molecule has 0 fully saturated rings. The molecule has 2 N–H and O–H groups in total. The minimum absolute atomic E-state index is 0. The molecule has 0 aromatic heterocycles. The van der Waals surface area contributed by atoms with Crippen LogP contribution < -0.4 is 10.6 Å². The second-order valence-corrected chi connectivity index (χ2v) is 9.82. The van der Waals surface area contributed by atoms with Crippen LogP contribution in [0, 0.1) is 0 Å². The van der Waals surface area contributed by atoms with Crippen molar-refractivity contribution in [3.8, 4) is 0 Å². The average Bonchev–Trinajstić information content (AvgIpc) is 2.99. The minimum atomic E-state index is 0. The van der Waals surface area contributed by atoms with E-state index in [-0.39, 0.29) is 19.5 Å². The fourth-order valence-corrected chi connectivity index (χ4v) is 5.51. The van der Waals surface area contributed by atoms with Crippen LogP contribution in [0.2, 0.25) is 0 Å². The van der Waals surface area contributed by atoms with Gasteiger partial charge in [0.25, 0.3) is 0 Å². The van der Waals surface area contributed by atoms with Gasteiger partial charge in [0.05, 0.1) is 12.1 Å². The van der Waals surface area contributed by atoms with Gasteiger partial charge in [-0.2, -0.15) is 0 Å². The molecule has 0 aliphatic carbocycles. The summed E-state index contributed by atoms with van der Waals surface area (Å²) in [4.78, 5) is 0. The predicted octanol–water partition coefficient (Wildman–Crippen LogP) is 8.99. The van der Waals surface area contributed by atoms with E-state index >= 15 is 0 Å². The normalized spacial score (nSPS) is 12.6. The van der Waals surface area contributed by atoms with Crippen molar-refractivity contribution in [3.05, 3.63) is 168 Å². The molecule has 2 atom stereocenters. The molecule has 0 saturated heterocycles. The van der Waals surface area contributed by atoms with Crippen molar-refractivity contribution < 1.29 is 0 Å². The Bertz CT molecular complexity index is 1490. The zero-order chi connectivity index (χ0) is 25.6. The van der Waals surface area contributed by atoms with Crippen molar-refractivity contribution in [2.45, 2.75) is 32.6 Å². The lowest BCUT2D eigenvalue weighted by Gasteiger charge is -2.31. The van der Waals surface area contributed by atoms with Crippen molar-refractivity contribution in [1.82, 2.24) is 10.6 Å². The highest BCUT2D eigenvalue weighted by molar-refractivity contribution is 5.86. The average molecular weight is 509 g/mol. The van der Waals surface area contributed by atoms with E-state index in [4.69, 9.17) is 0 Å². The van der Waals surface area contributed by atoms with Gasteiger partial charge in [-0.1, -0.05) is 153 Å². The first-order valence-electron chi connectivity index (χ1n) is 13.4. The third-order valence-corrected chi connectivity index (χ3v) is 7.44. The third kappa shape index (κ3) is 5.93. The van der Waals surface area contributed by atoms with Gasteiger partial charge in [-0.25, -0.2) is 0 Å². The Hall–Kier alpha value is -4.24. The van der Waals surface area contributed by atoms with Crippen molar-refractivity contribution in [1.29, 1.82) is 0 Å². The zero-order valence-electron chi connectivity index (χ0n) is 21.4. The standard InChI is InChI=1S/C36H32N2.CH4/c1-3-15-29(16-4-1)35(37-25-31-21-11-19-27-13-7-9-23-33(27)31)36(30-17-5-2-6-18-30)38-26-32-22-12-20-28-14-8-10-24-34(28)32;/h1-24,35-38H,25-26H2;1H4/t35-,36-;/m0./s1. The summed E-state index contributed by atoms with van der Waals surface area (Å²) < 4.78 is 0. The van der Waals surface area contributed by atoms with Gasteiger partial charge in [0.2, 0.25) is 0 Å². The molecule has 2 nitrogen and oxygen atoms in total. The van der Waals surface area contributed by atoms with E-state index in [1.54, 1.807) is 0 Å². The van der Waals surface area contributed by atoms with Gasteiger partial charge in [0.15, 0.2) is 0 Å². The van der Waals surface area contributed by atoms with Crippen LogP contribution >= 0.6 is 0 Å². The lowest BCUT2D eigenvalue weighted by atomic mass is 9.92. The molecule has 0 aliphatic rings. The molecule has 0 bridgehead atoms. The lowest BCUT2D eigenvalue weighted by Crippen LogP contribution is -2.35. The van der Waals surface area contributed by atoms with E-state index in [1.165, 1.54) is 43.8 Å². The SMILES string of the molecule is C.c1ccc([C@H](NCc2cccc3ccccc23)[C@@H](NCc2cccc3ccccc23)c2ccccc2)cc1. The van der Waals surface area contributed by atoms with Gasteiger partial charge in [-0.15, -0.1) is 0 Å². The van der Waals surface area contributed by atoms with Crippen LogP contribution in [0.1, 0.15) is 41.8 Å². The maximum absolute atomic E-state index is 3.95. The summed E-state index contributed by atoms with van der Waals surface area (Å²) in [6.07, 6.45) is 0. The van der Waals surface area contributed by atoms with Gasteiger partial charge in [0.1, 0.15) is 0 Å². The van der Waals surface area contributed by atoms with Crippen molar-refractivity contribution >= 4 is 21.5 Å². The fraction of sp³-hybridized carbons (Fsp3) is 0.135. The Labute approximate surface area is 232 Å². The second-order valence-electron chi connectivity index (χ2n) is 9.82. The molecule has 0 aliphatic heterocycles. The molecule has 0 amide bonds. The van der Waals surface area contributed by atoms with Crippen LogP contribution in [-0.2, 0) is 13.1 Å². The fourth-order valence-electron chi connectivity index (χ4n) is 5.51. The van der Waals surface area contributed by atoms with Crippen LogP contribution in [0.25, 0.3) is 21.5 Å².